The van der Waals surface area contributed by atoms with Crippen molar-refractivity contribution in [2.75, 3.05) is 25.5 Å². The highest BCUT2D eigenvalue weighted by Crippen LogP contribution is 2.19. The molecule has 2 aromatic rings. The standard InChI is InChI=1S/C19H22N2O5S/c1-4-21(13-19(23)20-16-8-6-9-17(12-16)26-3)27(24,25)18-10-5-7-15(11-18)14(2)22/h5-12H,4,13H2,1-3H3,(H,20,23). The normalized spacial score (nSPS) is 11.3. The predicted molar refractivity (Wildman–Crippen MR) is 103 cm³/mol. The SMILES string of the molecule is CCN(CC(=O)Nc1cccc(OC)c1)S(=O)(=O)c1cccc(C(C)=O)c1. The van der Waals surface area contributed by atoms with Gasteiger partial charge in [-0.05, 0) is 31.2 Å². The molecule has 0 bridgehead atoms. The topological polar surface area (TPSA) is 92.8 Å². The molecule has 8 heteroatoms. The number of rotatable bonds is 8. The summed E-state index contributed by atoms with van der Waals surface area (Å²) < 4.78 is 31.8. The van der Waals surface area contributed by atoms with E-state index in [-0.39, 0.29) is 23.8 Å². The quantitative estimate of drug-likeness (QED) is 0.699. The fraction of sp³-hybridized carbons (Fsp3) is 0.263. The van der Waals surface area contributed by atoms with E-state index in [2.05, 4.69) is 5.32 Å². The van der Waals surface area contributed by atoms with Gasteiger partial charge in [-0.3, -0.25) is 9.59 Å². The van der Waals surface area contributed by atoms with Gasteiger partial charge >= 0.3 is 0 Å². The molecule has 0 aliphatic heterocycles. The highest BCUT2D eigenvalue weighted by atomic mass is 32.2. The zero-order valence-corrected chi connectivity index (χ0v) is 16.2. The zero-order chi connectivity index (χ0) is 20.0. The monoisotopic (exact) mass is 390 g/mol. The Bertz CT molecular complexity index is 941. The summed E-state index contributed by atoms with van der Waals surface area (Å²) in [7, 11) is -2.40. The molecule has 0 spiro atoms. The number of ketones is 1. The highest BCUT2D eigenvalue weighted by Gasteiger charge is 2.25. The minimum atomic E-state index is -3.91. The molecule has 7 nitrogen and oxygen atoms in total. The molecular formula is C19H22N2O5S. The minimum absolute atomic E-state index is 0.0220. The number of methoxy groups -OCH3 is 1. The number of carbonyl (C=O) groups is 2. The van der Waals surface area contributed by atoms with Crippen molar-refractivity contribution in [2.24, 2.45) is 0 Å². The summed E-state index contributed by atoms with van der Waals surface area (Å²) in [6.07, 6.45) is 0. The molecule has 144 valence electrons. The van der Waals surface area contributed by atoms with Crippen molar-refractivity contribution in [3.63, 3.8) is 0 Å². The van der Waals surface area contributed by atoms with Crippen LogP contribution in [0.5, 0.6) is 5.75 Å². The molecule has 0 aromatic heterocycles. The molecule has 0 saturated carbocycles. The van der Waals surface area contributed by atoms with Crippen LogP contribution >= 0.6 is 0 Å². The molecule has 27 heavy (non-hydrogen) atoms. The number of hydrogen-bond acceptors (Lipinski definition) is 5. The van der Waals surface area contributed by atoms with Crippen molar-refractivity contribution < 1.29 is 22.7 Å². The number of sulfonamides is 1. The van der Waals surface area contributed by atoms with Gasteiger partial charge in [0.05, 0.1) is 18.6 Å². The lowest BCUT2D eigenvalue weighted by atomic mass is 10.2. The van der Waals surface area contributed by atoms with Crippen molar-refractivity contribution in [1.29, 1.82) is 0 Å². The predicted octanol–water partition coefficient (Wildman–Crippen LogP) is 2.55. The Hall–Kier alpha value is -2.71. The van der Waals surface area contributed by atoms with Crippen molar-refractivity contribution >= 4 is 27.4 Å². The summed E-state index contributed by atoms with van der Waals surface area (Å²) >= 11 is 0. The Labute approximate surface area is 159 Å². The van der Waals surface area contributed by atoms with Crippen LogP contribution in [0.1, 0.15) is 24.2 Å². The summed E-state index contributed by atoms with van der Waals surface area (Å²) in [5.41, 5.74) is 0.805. The molecule has 0 aliphatic carbocycles. The third-order valence-electron chi connectivity index (χ3n) is 3.90. The fourth-order valence-corrected chi connectivity index (χ4v) is 3.90. The zero-order valence-electron chi connectivity index (χ0n) is 15.4. The largest absolute Gasteiger partial charge is 0.497 e. The number of nitrogens with zero attached hydrogens (tertiary/aromatic N) is 1. The van der Waals surface area contributed by atoms with Crippen LogP contribution in [0, 0.1) is 0 Å². The second kappa shape index (κ2) is 8.79. The van der Waals surface area contributed by atoms with E-state index < -0.39 is 15.9 Å². The number of benzene rings is 2. The molecule has 0 saturated heterocycles. The van der Waals surface area contributed by atoms with Crippen LogP contribution in [0.15, 0.2) is 53.4 Å². The maximum absolute atomic E-state index is 12.8. The molecule has 0 radical (unpaired) electrons. The first-order chi connectivity index (χ1) is 12.8. The number of Topliss-reactive ketones (excluding diaryl/α,β-unsaturated/α-hetero) is 1. The van der Waals surface area contributed by atoms with E-state index in [0.29, 0.717) is 17.0 Å². The number of carbonyl (C=O) groups excluding carboxylic acids is 2. The summed E-state index contributed by atoms with van der Waals surface area (Å²) in [5.74, 6) is -0.129. The first-order valence-electron chi connectivity index (χ1n) is 8.33. The van der Waals surface area contributed by atoms with Crippen LogP contribution in [0.25, 0.3) is 0 Å². The van der Waals surface area contributed by atoms with Gasteiger partial charge in [0.2, 0.25) is 15.9 Å². The Morgan fingerprint density at radius 1 is 1.11 bits per heavy atom. The van der Waals surface area contributed by atoms with E-state index in [1.165, 1.54) is 32.2 Å². The van der Waals surface area contributed by atoms with Gasteiger partial charge in [0.1, 0.15) is 5.75 Å². The van der Waals surface area contributed by atoms with Gasteiger partial charge < -0.3 is 10.1 Å². The molecule has 1 N–H and O–H groups in total. The van der Waals surface area contributed by atoms with Crippen molar-refractivity contribution in [1.82, 2.24) is 4.31 Å². The molecule has 0 aliphatic rings. The summed E-state index contributed by atoms with van der Waals surface area (Å²) in [5, 5.41) is 2.66. The van der Waals surface area contributed by atoms with E-state index in [4.69, 9.17) is 4.74 Å². The lowest BCUT2D eigenvalue weighted by Crippen LogP contribution is -2.37. The third-order valence-corrected chi connectivity index (χ3v) is 5.82. The smallest absolute Gasteiger partial charge is 0.243 e. The number of anilines is 1. The number of nitrogens with one attached hydrogen (secondary N) is 1. The Balaban J connectivity index is 2.18. The van der Waals surface area contributed by atoms with Crippen LogP contribution in [0.3, 0.4) is 0 Å². The number of likely N-dealkylation sites (N-methyl/N-ethyl adjacent to an activating group) is 1. The molecule has 2 rings (SSSR count). The maximum Gasteiger partial charge on any atom is 0.243 e. The fourth-order valence-electron chi connectivity index (χ4n) is 2.45. The second-order valence-electron chi connectivity index (χ2n) is 5.80. The van der Waals surface area contributed by atoms with Crippen LogP contribution < -0.4 is 10.1 Å². The molecular weight excluding hydrogens is 368 g/mol. The number of ether oxygens (including phenoxy) is 1. The molecule has 1 amide bonds. The van der Waals surface area contributed by atoms with Crippen molar-refractivity contribution in [2.45, 2.75) is 18.7 Å². The number of hydrogen-bond donors (Lipinski definition) is 1. The minimum Gasteiger partial charge on any atom is -0.497 e. The summed E-state index contributed by atoms with van der Waals surface area (Å²) in [4.78, 5) is 23.8. The van der Waals surface area contributed by atoms with Gasteiger partial charge in [0, 0.05) is 23.9 Å². The van der Waals surface area contributed by atoms with E-state index in [9.17, 15) is 18.0 Å². The number of amides is 1. The van der Waals surface area contributed by atoms with Gasteiger partial charge in [-0.25, -0.2) is 8.42 Å². The Morgan fingerprint density at radius 2 is 1.81 bits per heavy atom. The summed E-state index contributed by atoms with van der Waals surface area (Å²) in [6, 6.07) is 12.6. The average Bonchev–Trinajstić information content (AvgIpc) is 2.66. The molecule has 0 atom stereocenters. The molecule has 0 heterocycles. The summed E-state index contributed by atoms with van der Waals surface area (Å²) in [6.45, 7) is 2.77. The molecule has 0 unspecified atom stereocenters. The van der Waals surface area contributed by atoms with Crippen LogP contribution in [0.4, 0.5) is 5.69 Å². The highest BCUT2D eigenvalue weighted by molar-refractivity contribution is 7.89. The lowest BCUT2D eigenvalue weighted by molar-refractivity contribution is -0.116. The maximum atomic E-state index is 12.8. The van der Waals surface area contributed by atoms with Gasteiger partial charge in [0.15, 0.2) is 5.78 Å². The van der Waals surface area contributed by atoms with Gasteiger partial charge in [-0.1, -0.05) is 25.1 Å². The van der Waals surface area contributed by atoms with E-state index in [1.54, 1.807) is 37.3 Å². The van der Waals surface area contributed by atoms with E-state index >= 15 is 0 Å². The second-order valence-corrected chi connectivity index (χ2v) is 7.73. The Kier molecular flexibility index (Phi) is 6.70. The molecule has 0 fully saturated rings. The van der Waals surface area contributed by atoms with Gasteiger partial charge in [-0.15, -0.1) is 0 Å². The van der Waals surface area contributed by atoms with Crippen molar-refractivity contribution in [3.05, 3.63) is 54.1 Å². The van der Waals surface area contributed by atoms with E-state index in [0.717, 1.165) is 4.31 Å². The lowest BCUT2D eigenvalue weighted by Gasteiger charge is -2.20. The van der Waals surface area contributed by atoms with Crippen LogP contribution in [-0.2, 0) is 14.8 Å². The average molecular weight is 390 g/mol. The first-order valence-corrected chi connectivity index (χ1v) is 9.77. The molecule has 2 aromatic carbocycles. The first kappa shape index (κ1) is 20.6. The van der Waals surface area contributed by atoms with E-state index in [1.807, 2.05) is 0 Å². The van der Waals surface area contributed by atoms with Crippen LogP contribution in [-0.4, -0.2) is 44.6 Å². The third kappa shape index (κ3) is 5.15. The Morgan fingerprint density at radius 3 is 2.44 bits per heavy atom. The van der Waals surface area contributed by atoms with Gasteiger partial charge in [-0.2, -0.15) is 4.31 Å². The van der Waals surface area contributed by atoms with Crippen molar-refractivity contribution in [3.8, 4) is 5.75 Å². The van der Waals surface area contributed by atoms with Crippen LogP contribution in [0.2, 0.25) is 0 Å². The van der Waals surface area contributed by atoms with Gasteiger partial charge in [0.25, 0.3) is 0 Å².